The van der Waals surface area contributed by atoms with Crippen LogP contribution in [-0.4, -0.2) is 43.0 Å². The molecule has 1 aliphatic rings. The Labute approximate surface area is 141 Å². The van der Waals surface area contributed by atoms with Gasteiger partial charge in [0.25, 0.3) is 0 Å². The van der Waals surface area contributed by atoms with E-state index < -0.39 is 0 Å². The van der Waals surface area contributed by atoms with Crippen LogP contribution in [0.2, 0.25) is 0 Å². The lowest BCUT2D eigenvalue weighted by atomic mass is 9.96. The molecular weight excluding hydrogens is 311 g/mol. The van der Waals surface area contributed by atoms with E-state index >= 15 is 0 Å². The number of nitrogens with two attached hydrogens (primary N) is 1. The molecule has 1 aliphatic heterocycles. The van der Waals surface area contributed by atoms with Gasteiger partial charge in [-0.25, -0.2) is 9.18 Å². The maximum absolute atomic E-state index is 12.8. The predicted octanol–water partition coefficient (Wildman–Crippen LogP) is 1.21. The van der Waals surface area contributed by atoms with Crippen LogP contribution in [-0.2, 0) is 11.3 Å². The Morgan fingerprint density at radius 3 is 2.46 bits per heavy atom. The first kappa shape index (κ1) is 18.2. The van der Waals surface area contributed by atoms with Crippen LogP contribution >= 0.6 is 0 Å². The highest BCUT2D eigenvalue weighted by Gasteiger charge is 2.22. The highest BCUT2D eigenvalue weighted by molar-refractivity contribution is 5.76. The molecule has 1 fully saturated rings. The van der Waals surface area contributed by atoms with Crippen molar-refractivity contribution in [3.05, 3.63) is 35.6 Å². The number of carbonyl (C=O) groups is 2. The number of primary amides is 1. The summed E-state index contributed by atoms with van der Waals surface area (Å²) in [6, 6.07) is 5.80. The molecule has 0 atom stereocenters. The molecule has 132 valence electrons. The minimum Gasteiger partial charge on any atom is -0.369 e. The summed E-state index contributed by atoms with van der Waals surface area (Å²) in [5.41, 5.74) is 6.17. The molecule has 3 amide bonds. The van der Waals surface area contributed by atoms with Crippen molar-refractivity contribution in [3.8, 4) is 0 Å². The van der Waals surface area contributed by atoms with Gasteiger partial charge in [0.1, 0.15) is 5.82 Å². The van der Waals surface area contributed by atoms with E-state index in [0.29, 0.717) is 13.1 Å². The number of carbonyl (C=O) groups excluding carboxylic acids is 2. The molecule has 4 N–H and O–H groups in total. The van der Waals surface area contributed by atoms with Gasteiger partial charge in [0.15, 0.2) is 0 Å². The summed E-state index contributed by atoms with van der Waals surface area (Å²) < 4.78 is 12.8. The molecule has 1 saturated heterocycles. The van der Waals surface area contributed by atoms with E-state index in [0.717, 1.165) is 44.5 Å². The van der Waals surface area contributed by atoms with E-state index in [9.17, 15) is 14.0 Å². The molecule has 0 spiro atoms. The zero-order valence-electron chi connectivity index (χ0n) is 13.8. The summed E-state index contributed by atoms with van der Waals surface area (Å²) in [5, 5.41) is 5.54. The number of hydrogen-bond donors (Lipinski definition) is 3. The molecular formula is C17H25FN4O2. The molecule has 0 aromatic heterocycles. The SMILES string of the molecule is NC(=O)C1CCN(CCCNC(=O)NCc2ccc(F)cc2)CC1. The fraction of sp³-hybridized carbons (Fsp3) is 0.529. The second kappa shape index (κ2) is 9.22. The normalized spacial score (nSPS) is 15.9. The summed E-state index contributed by atoms with van der Waals surface area (Å²) in [4.78, 5) is 25.1. The van der Waals surface area contributed by atoms with Gasteiger partial charge in [-0.05, 0) is 56.6 Å². The number of halogens is 1. The fourth-order valence-electron chi connectivity index (χ4n) is 2.79. The standard InChI is InChI=1S/C17H25FN4O2/c18-15-4-2-13(3-5-15)12-21-17(24)20-8-1-9-22-10-6-14(7-11-22)16(19)23/h2-5,14H,1,6-12H2,(H2,19,23)(H2,20,21,24). The van der Waals surface area contributed by atoms with Gasteiger partial charge >= 0.3 is 6.03 Å². The molecule has 6 nitrogen and oxygen atoms in total. The smallest absolute Gasteiger partial charge is 0.315 e. The van der Waals surface area contributed by atoms with Gasteiger partial charge in [-0.15, -0.1) is 0 Å². The van der Waals surface area contributed by atoms with E-state index in [-0.39, 0.29) is 23.7 Å². The highest BCUT2D eigenvalue weighted by Crippen LogP contribution is 2.16. The largest absolute Gasteiger partial charge is 0.369 e. The zero-order chi connectivity index (χ0) is 17.4. The average molecular weight is 336 g/mol. The molecule has 0 bridgehead atoms. The first-order valence-corrected chi connectivity index (χ1v) is 8.32. The molecule has 0 unspecified atom stereocenters. The fourth-order valence-corrected chi connectivity index (χ4v) is 2.79. The third-order valence-corrected chi connectivity index (χ3v) is 4.29. The molecule has 1 aromatic rings. The Morgan fingerprint density at radius 2 is 1.83 bits per heavy atom. The Balaban J connectivity index is 1.53. The lowest BCUT2D eigenvalue weighted by Crippen LogP contribution is -2.40. The summed E-state index contributed by atoms with van der Waals surface area (Å²) >= 11 is 0. The van der Waals surface area contributed by atoms with Gasteiger partial charge in [0, 0.05) is 19.0 Å². The Morgan fingerprint density at radius 1 is 1.17 bits per heavy atom. The van der Waals surface area contributed by atoms with Gasteiger partial charge in [0.05, 0.1) is 0 Å². The van der Waals surface area contributed by atoms with E-state index in [1.807, 2.05) is 0 Å². The van der Waals surface area contributed by atoms with Crippen LogP contribution in [0.5, 0.6) is 0 Å². The molecule has 0 saturated carbocycles. The number of nitrogens with zero attached hydrogens (tertiary/aromatic N) is 1. The number of likely N-dealkylation sites (tertiary alicyclic amines) is 1. The number of hydrogen-bond acceptors (Lipinski definition) is 3. The first-order valence-electron chi connectivity index (χ1n) is 8.32. The minimum absolute atomic E-state index is 0.0108. The Hall–Kier alpha value is -2.15. The average Bonchev–Trinajstić information content (AvgIpc) is 2.58. The zero-order valence-corrected chi connectivity index (χ0v) is 13.8. The maximum atomic E-state index is 12.8. The highest BCUT2D eigenvalue weighted by atomic mass is 19.1. The van der Waals surface area contributed by atoms with Crippen LogP contribution in [0.25, 0.3) is 0 Å². The molecule has 2 rings (SSSR count). The van der Waals surface area contributed by atoms with Gasteiger partial charge in [-0.1, -0.05) is 12.1 Å². The Bertz CT molecular complexity index is 542. The van der Waals surface area contributed by atoms with Crippen molar-refractivity contribution in [2.75, 3.05) is 26.2 Å². The molecule has 24 heavy (non-hydrogen) atoms. The number of benzene rings is 1. The van der Waals surface area contributed by atoms with Crippen molar-refractivity contribution in [2.24, 2.45) is 11.7 Å². The number of rotatable bonds is 7. The van der Waals surface area contributed by atoms with Gasteiger partial charge < -0.3 is 21.3 Å². The van der Waals surface area contributed by atoms with Crippen LogP contribution in [0.1, 0.15) is 24.8 Å². The minimum atomic E-state index is -0.289. The lowest BCUT2D eigenvalue weighted by Gasteiger charge is -2.30. The van der Waals surface area contributed by atoms with Crippen molar-refractivity contribution in [3.63, 3.8) is 0 Å². The lowest BCUT2D eigenvalue weighted by molar-refractivity contribution is -0.123. The van der Waals surface area contributed by atoms with Crippen LogP contribution < -0.4 is 16.4 Å². The number of nitrogens with one attached hydrogen (secondary N) is 2. The maximum Gasteiger partial charge on any atom is 0.315 e. The predicted molar refractivity (Wildman–Crippen MR) is 89.6 cm³/mol. The van der Waals surface area contributed by atoms with E-state index in [4.69, 9.17) is 5.73 Å². The molecule has 1 aromatic carbocycles. The monoisotopic (exact) mass is 336 g/mol. The second-order valence-corrected chi connectivity index (χ2v) is 6.11. The number of piperidine rings is 1. The number of amides is 3. The Kier molecular flexibility index (Phi) is 6.99. The molecule has 0 radical (unpaired) electrons. The van der Waals surface area contributed by atoms with Crippen molar-refractivity contribution >= 4 is 11.9 Å². The summed E-state index contributed by atoms with van der Waals surface area (Å²) in [5.74, 6) is -0.478. The van der Waals surface area contributed by atoms with Crippen molar-refractivity contribution in [1.82, 2.24) is 15.5 Å². The van der Waals surface area contributed by atoms with E-state index in [1.54, 1.807) is 12.1 Å². The molecule has 1 heterocycles. The van der Waals surface area contributed by atoms with Gasteiger partial charge in [-0.3, -0.25) is 4.79 Å². The van der Waals surface area contributed by atoms with Crippen LogP contribution in [0.3, 0.4) is 0 Å². The first-order chi connectivity index (χ1) is 11.5. The van der Waals surface area contributed by atoms with Gasteiger partial charge in [-0.2, -0.15) is 0 Å². The quantitative estimate of drug-likeness (QED) is 0.654. The molecule has 0 aliphatic carbocycles. The van der Waals surface area contributed by atoms with Crippen molar-refractivity contribution < 1.29 is 14.0 Å². The van der Waals surface area contributed by atoms with Gasteiger partial charge in [0.2, 0.25) is 5.91 Å². The third kappa shape index (κ3) is 6.16. The van der Waals surface area contributed by atoms with Crippen LogP contribution in [0.15, 0.2) is 24.3 Å². The summed E-state index contributed by atoms with van der Waals surface area (Å²) in [6.07, 6.45) is 2.49. The third-order valence-electron chi connectivity index (χ3n) is 4.29. The topological polar surface area (TPSA) is 87.5 Å². The van der Waals surface area contributed by atoms with Crippen LogP contribution in [0, 0.1) is 11.7 Å². The number of urea groups is 1. The summed E-state index contributed by atoms with van der Waals surface area (Å²) in [7, 11) is 0. The van der Waals surface area contributed by atoms with E-state index in [2.05, 4.69) is 15.5 Å². The van der Waals surface area contributed by atoms with Crippen molar-refractivity contribution in [1.29, 1.82) is 0 Å². The molecule has 7 heteroatoms. The van der Waals surface area contributed by atoms with Crippen LogP contribution in [0.4, 0.5) is 9.18 Å². The summed E-state index contributed by atoms with van der Waals surface area (Å²) in [6.45, 7) is 3.61. The second-order valence-electron chi connectivity index (χ2n) is 6.11. The van der Waals surface area contributed by atoms with Crippen molar-refractivity contribution in [2.45, 2.75) is 25.8 Å². The van der Waals surface area contributed by atoms with E-state index in [1.165, 1.54) is 12.1 Å².